The Bertz CT molecular complexity index is 375. The van der Waals surface area contributed by atoms with Gasteiger partial charge in [-0.1, -0.05) is 0 Å². The predicted octanol–water partition coefficient (Wildman–Crippen LogP) is 1.33. The van der Waals surface area contributed by atoms with Gasteiger partial charge in [0.2, 0.25) is 0 Å². The summed E-state index contributed by atoms with van der Waals surface area (Å²) in [7, 11) is 4.06. The van der Waals surface area contributed by atoms with Crippen molar-refractivity contribution in [3.8, 4) is 0 Å². The second kappa shape index (κ2) is 5.31. The molecule has 1 fully saturated rings. The van der Waals surface area contributed by atoms with Crippen molar-refractivity contribution in [2.24, 2.45) is 0 Å². The van der Waals surface area contributed by atoms with Gasteiger partial charge in [0, 0.05) is 31.7 Å². The molecule has 1 aromatic heterocycles. The van der Waals surface area contributed by atoms with Crippen LogP contribution in [0.2, 0.25) is 0 Å². The Morgan fingerprint density at radius 1 is 1.35 bits per heavy atom. The van der Waals surface area contributed by atoms with E-state index in [2.05, 4.69) is 32.5 Å². The van der Waals surface area contributed by atoms with Gasteiger partial charge in [0.1, 0.15) is 18.0 Å². The summed E-state index contributed by atoms with van der Waals surface area (Å²) in [4.78, 5) is 10.8. The van der Waals surface area contributed by atoms with E-state index in [1.54, 1.807) is 6.33 Å². The minimum atomic E-state index is 0.816. The molecule has 0 atom stereocenters. The summed E-state index contributed by atoms with van der Waals surface area (Å²) in [6, 6.07) is 0.816. The molecule has 1 aliphatic rings. The Balaban J connectivity index is 1.85. The number of likely N-dealkylation sites (N-methyl/N-ethyl adjacent to an activating group) is 1. The first-order valence-corrected chi connectivity index (χ1v) is 6.16. The first-order chi connectivity index (χ1) is 8.22. The molecule has 0 bridgehead atoms. The van der Waals surface area contributed by atoms with Crippen LogP contribution in [-0.2, 0) is 0 Å². The minimum Gasteiger partial charge on any atom is -0.373 e. The van der Waals surface area contributed by atoms with E-state index in [-0.39, 0.29) is 0 Å². The SMILES string of the molecule is CNc1ncnc(NCCN(C)C2CC2)c1C. The highest BCUT2D eigenvalue weighted by atomic mass is 15.2. The average molecular weight is 235 g/mol. The third-order valence-electron chi connectivity index (χ3n) is 3.25. The van der Waals surface area contributed by atoms with E-state index in [9.17, 15) is 0 Å². The normalized spacial score (nSPS) is 15.1. The van der Waals surface area contributed by atoms with Crippen LogP contribution >= 0.6 is 0 Å². The molecule has 1 saturated carbocycles. The molecule has 1 aliphatic carbocycles. The van der Waals surface area contributed by atoms with Crippen molar-refractivity contribution in [2.45, 2.75) is 25.8 Å². The van der Waals surface area contributed by atoms with Crippen LogP contribution in [0.1, 0.15) is 18.4 Å². The lowest BCUT2D eigenvalue weighted by Gasteiger charge is -2.17. The first kappa shape index (κ1) is 12.1. The quantitative estimate of drug-likeness (QED) is 0.779. The second-order valence-electron chi connectivity index (χ2n) is 4.58. The molecule has 5 heteroatoms. The van der Waals surface area contributed by atoms with Gasteiger partial charge in [-0.3, -0.25) is 0 Å². The van der Waals surface area contributed by atoms with Gasteiger partial charge in [-0.25, -0.2) is 9.97 Å². The van der Waals surface area contributed by atoms with Crippen LogP contribution in [0.3, 0.4) is 0 Å². The fourth-order valence-corrected chi connectivity index (χ4v) is 1.93. The van der Waals surface area contributed by atoms with Crippen molar-refractivity contribution in [2.75, 3.05) is 37.8 Å². The van der Waals surface area contributed by atoms with E-state index in [0.29, 0.717) is 0 Å². The molecule has 5 nitrogen and oxygen atoms in total. The molecule has 0 radical (unpaired) electrons. The van der Waals surface area contributed by atoms with Gasteiger partial charge in [-0.15, -0.1) is 0 Å². The van der Waals surface area contributed by atoms with Crippen LogP contribution in [0.5, 0.6) is 0 Å². The molecule has 0 unspecified atom stereocenters. The van der Waals surface area contributed by atoms with Gasteiger partial charge in [0.25, 0.3) is 0 Å². The zero-order valence-corrected chi connectivity index (χ0v) is 10.8. The van der Waals surface area contributed by atoms with Crippen LogP contribution in [-0.4, -0.2) is 48.1 Å². The van der Waals surface area contributed by atoms with Crippen LogP contribution in [0, 0.1) is 6.92 Å². The fourth-order valence-electron chi connectivity index (χ4n) is 1.93. The largest absolute Gasteiger partial charge is 0.373 e. The third kappa shape index (κ3) is 3.06. The molecule has 2 N–H and O–H groups in total. The van der Waals surface area contributed by atoms with Crippen LogP contribution in [0.25, 0.3) is 0 Å². The number of aromatic nitrogens is 2. The summed E-state index contributed by atoms with van der Waals surface area (Å²) in [6.07, 6.45) is 4.30. The van der Waals surface area contributed by atoms with E-state index in [1.807, 2.05) is 14.0 Å². The van der Waals surface area contributed by atoms with E-state index >= 15 is 0 Å². The van der Waals surface area contributed by atoms with Gasteiger partial charge >= 0.3 is 0 Å². The van der Waals surface area contributed by atoms with E-state index < -0.39 is 0 Å². The molecule has 0 saturated heterocycles. The topological polar surface area (TPSA) is 53.1 Å². The number of hydrogen-bond acceptors (Lipinski definition) is 5. The van der Waals surface area contributed by atoms with E-state index in [4.69, 9.17) is 0 Å². The number of anilines is 2. The monoisotopic (exact) mass is 235 g/mol. The van der Waals surface area contributed by atoms with Crippen LogP contribution in [0.15, 0.2) is 6.33 Å². The maximum atomic E-state index is 4.26. The van der Waals surface area contributed by atoms with Gasteiger partial charge in [-0.05, 0) is 26.8 Å². The van der Waals surface area contributed by atoms with Crippen molar-refractivity contribution in [3.63, 3.8) is 0 Å². The maximum absolute atomic E-state index is 4.26. The molecule has 0 amide bonds. The fraction of sp³-hybridized carbons (Fsp3) is 0.667. The standard InChI is InChI=1S/C12H21N5/c1-9-11(13-2)15-8-16-12(9)14-6-7-17(3)10-4-5-10/h8,10H,4-7H2,1-3H3,(H2,13,14,15,16). The highest BCUT2D eigenvalue weighted by Gasteiger charge is 2.25. The van der Waals surface area contributed by atoms with Gasteiger partial charge in [0.05, 0.1) is 0 Å². The first-order valence-electron chi connectivity index (χ1n) is 6.16. The van der Waals surface area contributed by atoms with Gasteiger partial charge < -0.3 is 15.5 Å². The second-order valence-corrected chi connectivity index (χ2v) is 4.58. The average Bonchev–Trinajstić information content (AvgIpc) is 3.15. The Morgan fingerprint density at radius 2 is 2.06 bits per heavy atom. The molecule has 0 aromatic carbocycles. The highest BCUT2D eigenvalue weighted by molar-refractivity contribution is 5.55. The molecule has 94 valence electrons. The summed E-state index contributed by atoms with van der Waals surface area (Å²) in [5.41, 5.74) is 1.07. The van der Waals surface area contributed by atoms with Crippen LogP contribution < -0.4 is 10.6 Å². The lowest BCUT2D eigenvalue weighted by molar-refractivity contribution is 0.337. The van der Waals surface area contributed by atoms with Crippen molar-refractivity contribution in [1.29, 1.82) is 0 Å². The number of rotatable bonds is 6. The summed E-state index contributed by atoms with van der Waals surface area (Å²) >= 11 is 0. The van der Waals surface area contributed by atoms with E-state index in [0.717, 1.165) is 36.3 Å². The summed E-state index contributed by atoms with van der Waals surface area (Å²) in [5, 5.41) is 6.43. The lowest BCUT2D eigenvalue weighted by Crippen LogP contribution is -2.27. The summed E-state index contributed by atoms with van der Waals surface area (Å²) in [6.45, 7) is 4.01. The summed E-state index contributed by atoms with van der Waals surface area (Å²) in [5.74, 6) is 1.81. The van der Waals surface area contributed by atoms with Crippen LogP contribution in [0.4, 0.5) is 11.6 Å². The van der Waals surface area contributed by atoms with Crippen molar-refractivity contribution in [1.82, 2.24) is 14.9 Å². The summed E-state index contributed by atoms with van der Waals surface area (Å²) < 4.78 is 0. The Morgan fingerprint density at radius 3 is 2.71 bits per heavy atom. The van der Waals surface area contributed by atoms with Crippen molar-refractivity contribution >= 4 is 11.6 Å². The van der Waals surface area contributed by atoms with Gasteiger partial charge in [-0.2, -0.15) is 0 Å². The van der Waals surface area contributed by atoms with Gasteiger partial charge in [0.15, 0.2) is 0 Å². The molecule has 1 heterocycles. The number of hydrogen-bond donors (Lipinski definition) is 2. The Kier molecular flexibility index (Phi) is 3.78. The lowest BCUT2D eigenvalue weighted by atomic mass is 10.3. The zero-order valence-electron chi connectivity index (χ0n) is 10.8. The molecule has 17 heavy (non-hydrogen) atoms. The molecular formula is C12H21N5. The minimum absolute atomic E-state index is 0.816. The van der Waals surface area contributed by atoms with Crippen molar-refractivity contribution in [3.05, 3.63) is 11.9 Å². The number of nitrogens with zero attached hydrogens (tertiary/aromatic N) is 3. The zero-order chi connectivity index (χ0) is 12.3. The number of nitrogens with one attached hydrogen (secondary N) is 2. The molecular weight excluding hydrogens is 214 g/mol. The predicted molar refractivity (Wildman–Crippen MR) is 70.5 cm³/mol. The molecule has 0 aliphatic heterocycles. The smallest absolute Gasteiger partial charge is 0.134 e. The third-order valence-corrected chi connectivity index (χ3v) is 3.25. The Hall–Kier alpha value is -1.36. The highest BCUT2D eigenvalue weighted by Crippen LogP contribution is 2.24. The molecule has 2 rings (SSSR count). The maximum Gasteiger partial charge on any atom is 0.134 e. The Labute approximate surface area is 103 Å². The molecule has 1 aromatic rings. The van der Waals surface area contributed by atoms with Crippen molar-refractivity contribution < 1.29 is 0 Å². The van der Waals surface area contributed by atoms with E-state index in [1.165, 1.54) is 12.8 Å². The molecule has 0 spiro atoms.